The fraction of sp³-hybridized carbons (Fsp3) is 0.190. The van der Waals surface area contributed by atoms with Gasteiger partial charge in [-0.3, -0.25) is 20.4 Å². The molecule has 0 aliphatic rings. The zero-order chi connectivity index (χ0) is 21.2. The monoisotopic (exact) mass is 398 g/mol. The van der Waals surface area contributed by atoms with Crippen LogP contribution in [-0.2, 0) is 14.3 Å². The summed E-state index contributed by atoms with van der Waals surface area (Å²) in [7, 11) is 3.04. The van der Waals surface area contributed by atoms with Crippen molar-refractivity contribution in [2.75, 3.05) is 14.2 Å². The van der Waals surface area contributed by atoms with E-state index in [-0.39, 0.29) is 0 Å². The Labute approximate surface area is 168 Å². The Kier molecular flexibility index (Phi) is 7.78. The number of carbonyl (C=O) groups is 3. The summed E-state index contributed by atoms with van der Waals surface area (Å²) in [6.07, 6.45) is 1.60. The average molecular weight is 398 g/mol. The zero-order valence-corrected chi connectivity index (χ0v) is 16.3. The van der Waals surface area contributed by atoms with Crippen LogP contribution in [0.15, 0.2) is 54.6 Å². The van der Waals surface area contributed by atoms with Crippen molar-refractivity contribution in [1.82, 2.24) is 10.9 Å². The fourth-order valence-corrected chi connectivity index (χ4v) is 2.27. The van der Waals surface area contributed by atoms with Gasteiger partial charge in [-0.1, -0.05) is 24.3 Å². The molecule has 2 amide bonds. The summed E-state index contributed by atoms with van der Waals surface area (Å²) < 4.78 is 15.4. The first-order valence-electron chi connectivity index (χ1n) is 8.70. The van der Waals surface area contributed by atoms with Gasteiger partial charge in [0.15, 0.2) is 17.6 Å². The van der Waals surface area contributed by atoms with Crippen LogP contribution in [0.25, 0.3) is 6.08 Å². The van der Waals surface area contributed by atoms with Crippen molar-refractivity contribution in [2.45, 2.75) is 13.0 Å². The second-order valence-corrected chi connectivity index (χ2v) is 5.84. The van der Waals surface area contributed by atoms with Crippen LogP contribution in [0.5, 0.6) is 11.5 Å². The SMILES string of the molecule is COc1ccc(/C=C/C(=O)O[C@@H](C)C(=O)NNC(=O)c2ccccc2)cc1OC. The Balaban J connectivity index is 1.85. The molecule has 0 saturated heterocycles. The van der Waals surface area contributed by atoms with Gasteiger partial charge in [0.05, 0.1) is 14.2 Å². The lowest BCUT2D eigenvalue weighted by Crippen LogP contribution is -2.46. The van der Waals surface area contributed by atoms with E-state index in [4.69, 9.17) is 14.2 Å². The number of methoxy groups -OCH3 is 2. The standard InChI is InChI=1S/C21H22N2O6/c1-14(20(25)22-23-21(26)16-7-5-4-6-8-16)29-19(24)12-10-15-9-11-17(27-2)18(13-15)28-3/h4-14H,1-3H3,(H,22,25)(H,23,26)/b12-10+/t14-/m0/s1. The third-order valence-electron chi connectivity index (χ3n) is 3.82. The molecule has 29 heavy (non-hydrogen) atoms. The normalized spacial score (nSPS) is 11.4. The molecule has 8 nitrogen and oxygen atoms in total. The number of amides is 2. The van der Waals surface area contributed by atoms with Crippen molar-refractivity contribution in [3.63, 3.8) is 0 Å². The van der Waals surface area contributed by atoms with Crippen LogP contribution in [0, 0.1) is 0 Å². The number of nitrogens with one attached hydrogen (secondary N) is 2. The van der Waals surface area contributed by atoms with Crippen LogP contribution in [0.3, 0.4) is 0 Å². The van der Waals surface area contributed by atoms with E-state index in [9.17, 15) is 14.4 Å². The Bertz CT molecular complexity index is 895. The third-order valence-corrected chi connectivity index (χ3v) is 3.82. The van der Waals surface area contributed by atoms with Gasteiger partial charge in [-0.2, -0.15) is 0 Å². The molecule has 0 bridgehead atoms. The number of carbonyl (C=O) groups excluding carboxylic acids is 3. The van der Waals surface area contributed by atoms with Gasteiger partial charge in [0, 0.05) is 11.6 Å². The number of rotatable bonds is 7. The lowest BCUT2D eigenvalue weighted by molar-refractivity contribution is -0.150. The van der Waals surface area contributed by atoms with Crippen LogP contribution in [0.1, 0.15) is 22.8 Å². The van der Waals surface area contributed by atoms with Gasteiger partial charge in [0.25, 0.3) is 11.8 Å². The highest BCUT2D eigenvalue weighted by Crippen LogP contribution is 2.27. The molecule has 0 spiro atoms. The minimum Gasteiger partial charge on any atom is -0.493 e. The van der Waals surface area contributed by atoms with Gasteiger partial charge in [0.2, 0.25) is 0 Å². The van der Waals surface area contributed by atoms with Gasteiger partial charge in [-0.15, -0.1) is 0 Å². The predicted octanol–water partition coefficient (Wildman–Crippen LogP) is 2.11. The van der Waals surface area contributed by atoms with Crippen LogP contribution >= 0.6 is 0 Å². The molecule has 0 aromatic heterocycles. The summed E-state index contributed by atoms with van der Waals surface area (Å²) in [5.41, 5.74) is 5.55. The molecule has 2 N–H and O–H groups in total. The first kappa shape index (κ1) is 21.5. The Morgan fingerprint density at radius 2 is 1.62 bits per heavy atom. The lowest BCUT2D eigenvalue weighted by atomic mass is 10.2. The highest BCUT2D eigenvalue weighted by atomic mass is 16.5. The number of hydrogen-bond acceptors (Lipinski definition) is 6. The van der Waals surface area contributed by atoms with Crippen LogP contribution in [0.4, 0.5) is 0 Å². The molecule has 0 aliphatic carbocycles. The van der Waals surface area contributed by atoms with E-state index in [1.54, 1.807) is 48.5 Å². The summed E-state index contributed by atoms with van der Waals surface area (Å²) in [5.74, 6) is -0.773. The molecule has 0 fully saturated rings. The molecular formula is C21H22N2O6. The predicted molar refractivity (Wildman–Crippen MR) is 106 cm³/mol. The second-order valence-electron chi connectivity index (χ2n) is 5.84. The average Bonchev–Trinajstić information content (AvgIpc) is 2.75. The first-order valence-corrected chi connectivity index (χ1v) is 8.70. The number of ether oxygens (including phenoxy) is 3. The van der Waals surface area contributed by atoms with Crippen molar-refractivity contribution < 1.29 is 28.6 Å². The van der Waals surface area contributed by atoms with Crippen molar-refractivity contribution in [3.05, 3.63) is 65.7 Å². The van der Waals surface area contributed by atoms with Crippen molar-refractivity contribution >= 4 is 23.9 Å². The molecule has 2 aromatic carbocycles. The van der Waals surface area contributed by atoms with Gasteiger partial charge in [0.1, 0.15) is 0 Å². The highest BCUT2D eigenvalue weighted by molar-refractivity contribution is 5.96. The maximum Gasteiger partial charge on any atom is 0.331 e. The summed E-state index contributed by atoms with van der Waals surface area (Å²) >= 11 is 0. The van der Waals surface area contributed by atoms with E-state index in [0.717, 1.165) is 0 Å². The van der Waals surface area contributed by atoms with Gasteiger partial charge in [-0.25, -0.2) is 4.79 Å². The van der Waals surface area contributed by atoms with E-state index in [2.05, 4.69) is 10.9 Å². The van der Waals surface area contributed by atoms with E-state index >= 15 is 0 Å². The smallest absolute Gasteiger partial charge is 0.331 e. The summed E-state index contributed by atoms with van der Waals surface area (Å²) in [5, 5.41) is 0. The van der Waals surface area contributed by atoms with Crippen LogP contribution in [-0.4, -0.2) is 38.1 Å². The number of esters is 1. The minimum absolute atomic E-state index is 0.385. The molecule has 0 unspecified atom stereocenters. The van der Waals surface area contributed by atoms with Crippen molar-refractivity contribution in [3.8, 4) is 11.5 Å². The quantitative estimate of drug-likeness (QED) is 0.421. The maximum absolute atomic E-state index is 12.0. The largest absolute Gasteiger partial charge is 0.493 e. The Morgan fingerprint density at radius 3 is 2.28 bits per heavy atom. The lowest BCUT2D eigenvalue weighted by Gasteiger charge is -2.13. The Hall–Kier alpha value is -3.81. The molecule has 1 atom stereocenters. The molecule has 2 aromatic rings. The molecular weight excluding hydrogens is 376 g/mol. The maximum atomic E-state index is 12.0. The number of hydrogen-bond donors (Lipinski definition) is 2. The van der Waals surface area contributed by atoms with Gasteiger partial charge < -0.3 is 14.2 Å². The Morgan fingerprint density at radius 1 is 0.931 bits per heavy atom. The molecule has 152 valence electrons. The molecule has 0 aliphatic heterocycles. The molecule has 8 heteroatoms. The molecule has 0 radical (unpaired) electrons. The molecule has 2 rings (SSSR count). The zero-order valence-electron chi connectivity index (χ0n) is 16.3. The second kappa shape index (κ2) is 10.5. The van der Waals surface area contributed by atoms with Gasteiger partial charge >= 0.3 is 5.97 Å². The van der Waals surface area contributed by atoms with Gasteiger partial charge in [-0.05, 0) is 42.8 Å². The highest BCUT2D eigenvalue weighted by Gasteiger charge is 2.17. The van der Waals surface area contributed by atoms with Crippen molar-refractivity contribution in [2.24, 2.45) is 0 Å². The third kappa shape index (κ3) is 6.39. The first-order chi connectivity index (χ1) is 13.9. The van der Waals surface area contributed by atoms with Crippen LogP contribution < -0.4 is 20.3 Å². The number of hydrazine groups is 1. The van der Waals surface area contributed by atoms with Crippen molar-refractivity contribution in [1.29, 1.82) is 0 Å². The fourth-order valence-electron chi connectivity index (χ4n) is 2.27. The molecule has 0 heterocycles. The summed E-state index contributed by atoms with van der Waals surface area (Å²) in [4.78, 5) is 35.8. The van der Waals surface area contributed by atoms with Crippen LogP contribution in [0.2, 0.25) is 0 Å². The minimum atomic E-state index is -1.10. The van der Waals surface area contributed by atoms with E-state index < -0.39 is 23.9 Å². The van der Waals surface area contributed by atoms with E-state index in [1.807, 2.05) is 0 Å². The van der Waals surface area contributed by atoms with E-state index in [0.29, 0.717) is 22.6 Å². The van der Waals surface area contributed by atoms with E-state index in [1.165, 1.54) is 33.3 Å². The summed E-state index contributed by atoms with van der Waals surface area (Å²) in [6, 6.07) is 13.5. The molecule has 0 saturated carbocycles. The topological polar surface area (TPSA) is 103 Å². The number of benzene rings is 2. The summed E-state index contributed by atoms with van der Waals surface area (Å²) in [6.45, 7) is 1.39.